The normalized spacial score (nSPS) is 12.4. The lowest BCUT2D eigenvalue weighted by molar-refractivity contribution is 0.171. The summed E-state index contributed by atoms with van der Waals surface area (Å²) in [5.41, 5.74) is 3.13. The van der Waals surface area contributed by atoms with Crippen molar-refractivity contribution in [2.45, 2.75) is 13.0 Å². The Morgan fingerprint density at radius 2 is 1.79 bits per heavy atom. The highest BCUT2D eigenvalue weighted by atomic mass is 16.6. The molecule has 7 nitrogen and oxygen atoms in total. The molecule has 1 aliphatic rings. The maximum Gasteiger partial charge on any atom is 0.315 e. The smallest absolute Gasteiger partial charge is 0.315 e. The van der Waals surface area contributed by atoms with Gasteiger partial charge in [0, 0.05) is 25.5 Å². The third-order valence-electron chi connectivity index (χ3n) is 4.46. The summed E-state index contributed by atoms with van der Waals surface area (Å²) in [6.45, 7) is 2.11. The van der Waals surface area contributed by atoms with Gasteiger partial charge in [0.2, 0.25) is 0 Å². The van der Waals surface area contributed by atoms with E-state index in [0.717, 1.165) is 34.7 Å². The van der Waals surface area contributed by atoms with E-state index in [1.807, 2.05) is 59.4 Å². The SMILES string of the molecule is O=C(NCCc1ccc(-n2cccn2)cc1)NCc1ccc2c(c1)OCCO2. The van der Waals surface area contributed by atoms with E-state index in [-0.39, 0.29) is 6.03 Å². The van der Waals surface area contributed by atoms with Crippen LogP contribution in [0.3, 0.4) is 0 Å². The highest BCUT2D eigenvalue weighted by Crippen LogP contribution is 2.30. The van der Waals surface area contributed by atoms with E-state index in [2.05, 4.69) is 15.7 Å². The summed E-state index contributed by atoms with van der Waals surface area (Å²) < 4.78 is 12.9. The van der Waals surface area contributed by atoms with E-state index in [1.54, 1.807) is 6.20 Å². The first kappa shape index (κ1) is 17.9. The monoisotopic (exact) mass is 378 g/mol. The second-order valence-electron chi connectivity index (χ2n) is 6.45. The minimum atomic E-state index is -0.192. The van der Waals surface area contributed by atoms with Crippen molar-refractivity contribution in [2.75, 3.05) is 19.8 Å². The molecular weight excluding hydrogens is 356 g/mol. The maximum absolute atomic E-state index is 12.0. The van der Waals surface area contributed by atoms with E-state index in [4.69, 9.17) is 9.47 Å². The third kappa shape index (κ3) is 4.43. The van der Waals surface area contributed by atoms with Crippen molar-refractivity contribution in [3.05, 3.63) is 72.1 Å². The van der Waals surface area contributed by atoms with E-state index in [1.165, 1.54) is 0 Å². The maximum atomic E-state index is 12.0. The van der Waals surface area contributed by atoms with Crippen LogP contribution in [0.15, 0.2) is 60.9 Å². The number of urea groups is 1. The Labute approximate surface area is 163 Å². The van der Waals surface area contributed by atoms with Crippen LogP contribution in [0.25, 0.3) is 5.69 Å². The summed E-state index contributed by atoms with van der Waals surface area (Å²) >= 11 is 0. The Kier molecular flexibility index (Phi) is 5.42. The molecule has 28 heavy (non-hydrogen) atoms. The molecule has 4 rings (SSSR count). The van der Waals surface area contributed by atoms with Crippen LogP contribution >= 0.6 is 0 Å². The molecule has 3 aromatic rings. The summed E-state index contributed by atoms with van der Waals surface area (Å²) in [5, 5.41) is 9.95. The van der Waals surface area contributed by atoms with Crippen molar-refractivity contribution >= 4 is 6.03 Å². The lowest BCUT2D eigenvalue weighted by atomic mass is 10.1. The number of ether oxygens (including phenoxy) is 2. The van der Waals surface area contributed by atoms with Gasteiger partial charge in [-0.1, -0.05) is 18.2 Å². The summed E-state index contributed by atoms with van der Waals surface area (Å²) in [7, 11) is 0. The predicted molar refractivity (Wildman–Crippen MR) is 105 cm³/mol. The molecule has 2 heterocycles. The minimum Gasteiger partial charge on any atom is -0.486 e. The van der Waals surface area contributed by atoms with Crippen LogP contribution in [-0.2, 0) is 13.0 Å². The number of nitrogens with one attached hydrogen (secondary N) is 2. The van der Waals surface area contributed by atoms with Crippen LogP contribution in [0, 0.1) is 0 Å². The van der Waals surface area contributed by atoms with Crippen molar-refractivity contribution in [3.8, 4) is 17.2 Å². The zero-order valence-corrected chi connectivity index (χ0v) is 15.4. The van der Waals surface area contributed by atoms with Gasteiger partial charge in [0.25, 0.3) is 0 Å². The van der Waals surface area contributed by atoms with Crippen molar-refractivity contribution in [1.29, 1.82) is 0 Å². The van der Waals surface area contributed by atoms with Crippen LogP contribution in [0.5, 0.6) is 11.5 Å². The Balaban J connectivity index is 1.20. The molecule has 2 aromatic carbocycles. The number of benzene rings is 2. The number of rotatable bonds is 6. The molecule has 0 saturated heterocycles. The van der Waals surface area contributed by atoms with Gasteiger partial charge >= 0.3 is 6.03 Å². The number of nitrogens with zero attached hydrogens (tertiary/aromatic N) is 2. The fourth-order valence-corrected chi connectivity index (χ4v) is 3.00. The summed E-state index contributed by atoms with van der Waals surface area (Å²) in [6, 6.07) is 15.5. The molecule has 2 N–H and O–H groups in total. The molecule has 0 bridgehead atoms. The van der Waals surface area contributed by atoms with Crippen molar-refractivity contribution < 1.29 is 14.3 Å². The van der Waals surface area contributed by atoms with E-state index in [0.29, 0.717) is 26.3 Å². The standard InChI is InChI=1S/C21H22N4O3/c26-21(23-15-17-4-7-19-20(14-17)28-13-12-27-19)22-10-8-16-2-5-18(6-3-16)25-11-1-9-24-25/h1-7,9,11,14H,8,10,12-13,15H2,(H2,22,23,26). The Morgan fingerprint density at radius 3 is 2.57 bits per heavy atom. The van der Waals surface area contributed by atoms with Crippen LogP contribution < -0.4 is 20.1 Å². The first-order valence-electron chi connectivity index (χ1n) is 9.27. The van der Waals surface area contributed by atoms with Crippen LogP contribution in [-0.4, -0.2) is 35.6 Å². The third-order valence-corrected chi connectivity index (χ3v) is 4.46. The van der Waals surface area contributed by atoms with Crippen LogP contribution in [0.4, 0.5) is 4.79 Å². The topological polar surface area (TPSA) is 77.4 Å². The number of carbonyl (C=O) groups is 1. The highest BCUT2D eigenvalue weighted by molar-refractivity contribution is 5.73. The van der Waals surface area contributed by atoms with Crippen molar-refractivity contribution in [3.63, 3.8) is 0 Å². The Hall–Kier alpha value is -3.48. The summed E-state index contributed by atoms with van der Waals surface area (Å²) in [6.07, 6.45) is 4.42. The first-order valence-corrected chi connectivity index (χ1v) is 9.27. The molecule has 7 heteroatoms. The molecule has 0 aliphatic carbocycles. The molecule has 0 fully saturated rings. The minimum absolute atomic E-state index is 0.192. The average molecular weight is 378 g/mol. The number of aromatic nitrogens is 2. The average Bonchev–Trinajstić information content (AvgIpc) is 3.27. The highest BCUT2D eigenvalue weighted by Gasteiger charge is 2.11. The quantitative estimate of drug-likeness (QED) is 0.691. The zero-order valence-electron chi connectivity index (χ0n) is 15.4. The van der Waals surface area contributed by atoms with Gasteiger partial charge in [-0.2, -0.15) is 5.10 Å². The van der Waals surface area contributed by atoms with Gasteiger partial charge < -0.3 is 20.1 Å². The fraction of sp³-hybridized carbons (Fsp3) is 0.238. The number of amides is 2. The van der Waals surface area contributed by atoms with Crippen molar-refractivity contribution in [2.24, 2.45) is 0 Å². The van der Waals surface area contributed by atoms with E-state index >= 15 is 0 Å². The molecule has 0 unspecified atom stereocenters. The number of fused-ring (bicyclic) bond motifs is 1. The largest absolute Gasteiger partial charge is 0.486 e. The number of carbonyl (C=O) groups excluding carboxylic acids is 1. The number of hydrogen-bond donors (Lipinski definition) is 2. The lowest BCUT2D eigenvalue weighted by Gasteiger charge is -2.19. The Bertz CT molecular complexity index is 923. The molecule has 144 valence electrons. The van der Waals surface area contributed by atoms with E-state index in [9.17, 15) is 4.79 Å². The molecule has 0 atom stereocenters. The van der Waals surface area contributed by atoms with Gasteiger partial charge in [-0.05, 0) is 47.9 Å². The molecule has 1 aromatic heterocycles. The predicted octanol–water partition coefficient (Wildman–Crippen LogP) is 2.69. The summed E-state index contributed by atoms with van der Waals surface area (Å²) in [5.74, 6) is 1.47. The molecule has 2 amide bonds. The van der Waals surface area contributed by atoms with Gasteiger partial charge in [-0.15, -0.1) is 0 Å². The van der Waals surface area contributed by atoms with Gasteiger partial charge in [0.15, 0.2) is 11.5 Å². The zero-order chi connectivity index (χ0) is 19.2. The van der Waals surface area contributed by atoms with Crippen LogP contribution in [0.1, 0.15) is 11.1 Å². The van der Waals surface area contributed by atoms with Gasteiger partial charge in [0.1, 0.15) is 13.2 Å². The first-order chi connectivity index (χ1) is 13.8. The van der Waals surface area contributed by atoms with Gasteiger partial charge in [-0.25, -0.2) is 9.48 Å². The molecular formula is C21H22N4O3. The van der Waals surface area contributed by atoms with E-state index < -0.39 is 0 Å². The number of hydrogen-bond acceptors (Lipinski definition) is 4. The molecule has 0 saturated carbocycles. The fourth-order valence-electron chi connectivity index (χ4n) is 3.00. The molecule has 1 aliphatic heterocycles. The second-order valence-corrected chi connectivity index (χ2v) is 6.45. The van der Waals surface area contributed by atoms with Gasteiger partial charge in [-0.3, -0.25) is 0 Å². The Morgan fingerprint density at radius 1 is 1.00 bits per heavy atom. The van der Waals surface area contributed by atoms with Crippen molar-refractivity contribution in [1.82, 2.24) is 20.4 Å². The summed E-state index contributed by atoms with van der Waals surface area (Å²) in [4.78, 5) is 12.0. The lowest BCUT2D eigenvalue weighted by Crippen LogP contribution is -2.36. The van der Waals surface area contributed by atoms with Crippen LogP contribution in [0.2, 0.25) is 0 Å². The molecule has 0 spiro atoms. The van der Waals surface area contributed by atoms with Gasteiger partial charge in [0.05, 0.1) is 5.69 Å². The molecule has 0 radical (unpaired) electrons. The second kappa shape index (κ2) is 8.47.